The molecule has 0 spiro atoms. The number of aromatic amines is 1. The van der Waals surface area contributed by atoms with Gasteiger partial charge in [-0.25, -0.2) is 4.98 Å². The maximum Gasteiger partial charge on any atom is 0.416 e. The highest BCUT2D eigenvalue weighted by atomic mass is 35.5. The second kappa shape index (κ2) is 8.20. The fourth-order valence-corrected chi connectivity index (χ4v) is 3.31. The zero-order valence-electron chi connectivity index (χ0n) is 15.6. The molecule has 0 unspecified atom stereocenters. The standard InChI is InChI=1S/C24H16ClF3N2/c25-21-7-2-1-6-20(21)22-15-29-23(30-22)13-10-16-8-11-17(12-9-16)18-4-3-5-19(14-18)24(26,27)28/h1-15H,(H,29,30)/b13-10+. The van der Waals surface area contributed by atoms with Gasteiger partial charge in [-0.3, -0.25) is 0 Å². The van der Waals surface area contributed by atoms with E-state index in [1.54, 1.807) is 24.4 Å². The van der Waals surface area contributed by atoms with Gasteiger partial charge >= 0.3 is 6.18 Å². The van der Waals surface area contributed by atoms with Gasteiger partial charge in [-0.2, -0.15) is 13.2 Å². The van der Waals surface area contributed by atoms with Crippen molar-refractivity contribution in [3.63, 3.8) is 0 Å². The van der Waals surface area contributed by atoms with Gasteiger partial charge in [-0.1, -0.05) is 72.3 Å². The molecule has 0 aliphatic carbocycles. The fourth-order valence-electron chi connectivity index (χ4n) is 3.07. The summed E-state index contributed by atoms with van der Waals surface area (Å²) in [4.78, 5) is 7.55. The van der Waals surface area contributed by atoms with Crippen molar-refractivity contribution in [2.75, 3.05) is 0 Å². The van der Waals surface area contributed by atoms with Crippen LogP contribution in [0.3, 0.4) is 0 Å². The molecule has 30 heavy (non-hydrogen) atoms. The lowest BCUT2D eigenvalue weighted by atomic mass is 10.0. The average molecular weight is 425 g/mol. The summed E-state index contributed by atoms with van der Waals surface area (Å²) >= 11 is 6.21. The van der Waals surface area contributed by atoms with Crippen molar-refractivity contribution in [1.82, 2.24) is 9.97 Å². The number of rotatable bonds is 4. The van der Waals surface area contributed by atoms with Crippen molar-refractivity contribution in [2.24, 2.45) is 0 Å². The SMILES string of the molecule is FC(F)(F)c1cccc(-c2ccc(/C=C/c3ncc(-c4ccccc4Cl)[nH]3)cc2)c1. The Labute approximate surface area is 176 Å². The second-order valence-electron chi connectivity index (χ2n) is 6.70. The van der Waals surface area contributed by atoms with Crippen LogP contribution in [0.2, 0.25) is 5.02 Å². The molecule has 0 aliphatic rings. The van der Waals surface area contributed by atoms with Gasteiger partial charge in [-0.15, -0.1) is 0 Å². The highest BCUT2D eigenvalue weighted by molar-refractivity contribution is 6.33. The number of benzene rings is 3. The topological polar surface area (TPSA) is 28.7 Å². The molecule has 0 saturated carbocycles. The lowest BCUT2D eigenvalue weighted by molar-refractivity contribution is -0.137. The number of hydrogen-bond donors (Lipinski definition) is 1. The molecule has 1 N–H and O–H groups in total. The van der Waals surface area contributed by atoms with Gasteiger partial charge in [-0.05, 0) is 41.0 Å². The number of alkyl halides is 3. The molecule has 0 fully saturated rings. The third-order valence-electron chi connectivity index (χ3n) is 4.63. The van der Waals surface area contributed by atoms with E-state index in [0.29, 0.717) is 16.4 Å². The van der Waals surface area contributed by atoms with Crippen LogP contribution in [0.25, 0.3) is 34.5 Å². The highest BCUT2D eigenvalue weighted by Crippen LogP contribution is 2.32. The Kier molecular flexibility index (Phi) is 5.46. The molecule has 1 aromatic heterocycles. The Balaban J connectivity index is 1.51. The lowest BCUT2D eigenvalue weighted by Gasteiger charge is -2.09. The molecule has 4 aromatic rings. The summed E-state index contributed by atoms with van der Waals surface area (Å²) < 4.78 is 38.7. The van der Waals surface area contributed by atoms with Crippen molar-refractivity contribution in [2.45, 2.75) is 6.18 Å². The predicted octanol–water partition coefficient (Wildman–Crippen LogP) is 7.59. The quantitative estimate of drug-likeness (QED) is 0.359. The van der Waals surface area contributed by atoms with E-state index in [2.05, 4.69) is 9.97 Å². The van der Waals surface area contributed by atoms with E-state index in [1.807, 2.05) is 48.6 Å². The van der Waals surface area contributed by atoms with Gasteiger partial charge in [0.2, 0.25) is 0 Å². The van der Waals surface area contributed by atoms with Crippen molar-refractivity contribution in [3.8, 4) is 22.4 Å². The molecule has 150 valence electrons. The first-order chi connectivity index (χ1) is 14.4. The number of nitrogens with one attached hydrogen (secondary N) is 1. The van der Waals surface area contributed by atoms with Crippen LogP contribution in [-0.4, -0.2) is 9.97 Å². The highest BCUT2D eigenvalue weighted by Gasteiger charge is 2.30. The second-order valence-corrected chi connectivity index (χ2v) is 7.10. The van der Waals surface area contributed by atoms with E-state index in [9.17, 15) is 13.2 Å². The van der Waals surface area contributed by atoms with E-state index in [-0.39, 0.29) is 0 Å². The van der Waals surface area contributed by atoms with Crippen LogP contribution in [0.4, 0.5) is 13.2 Å². The summed E-state index contributed by atoms with van der Waals surface area (Å²) in [6.45, 7) is 0. The molecule has 0 atom stereocenters. The van der Waals surface area contributed by atoms with Crippen LogP contribution in [0.1, 0.15) is 17.0 Å². The first-order valence-electron chi connectivity index (χ1n) is 9.16. The van der Waals surface area contributed by atoms with Crippen LogP contribution in [0.15, 0.2) is 79.0 Å². The van der Waals surface area contributed by atoms with Crippen molar-refractivity contribution < 1.29 is 13.2 Å². The summed E-state index contributed by atoms with van der Waals surface area (Å²) in [5.41, 5.74) is 3.18. The molecule has 0 radical (unpaired) electrons. The summed E-state index contributed by atoms with van der Waals surface area (Å²) in [6.07, 6.45) is 1.08. The minimum Gasteiger partial charge on any atom is -0.338 e. The van der Waals surface area contributed by atoms with Gasteiger partial charge in [0.1, 0.15) is 5.82 Å². The van der Waals surface area contributed by atoms with Crippen molar-refractivity contribution in [1.29, 1.82) is 0 Å². The number of imidazole rings is 1. The van der Waals surface area contributed by atoms with E-state index in [1.165, 1.54) is 6.07 Å². The predicted molar refractivity (Wildman–Crippen MR) is 115 cm³/mol. The molecule has 0 aliphatic heterocycles. The molecule has 3 aromatic carbocycles. The van der Waals surface area contributed by atoms with Crippen LogP contribution < -0.4 is 0 Å². The Morgan fingerprint density at radius 3 is 2.33 bits per heavy atom. The first-order valence-corrected chi connectivity index (χ1v) is 9.54. The lowest BCUT2D eigenvalue weighted by Crippen LogP contribution is -2.04. The molecule has 0 saturated heterocycles. The third kappa shape index (κ3) is 4.47. The summed E-state index contributed by atoms with van der Waals surface area (Å²) in [5, 5.41) is 0.641. The van der Waals surface area contributed by atoms with Crippen molar-refractivity contribution >= 4 is 23.8 Å². The number of halogens is 4. The smallest absolute Gasteiger partial charge is 0.338 e. The third-order valence-corrected chi connectivity index (χ3v) is 4.96. The van der Waals surface area contributed by atoms with Crippen LogP contribution in [-0.2, 0) is 6.18 Å². The summed E-state index contributed by atoms with van der Waals surface area (Å²) in [5.74, 6) is 0.673. The maximum atomic E-state index is 12.9. The number of H-pyrrole nitrogens is 1. The fraction of sp³-hybridized carbons (Fsp3) is 0.0417. The Bertz CT molecular complexity index is 1190. The van der Waals surface area contributed by atoms with Gasteiger partial charge in [0.25, 0.3) is 0 Å². The minimum absolute atomic E-state index is 0.524. The molecule has 2 nitrogen and oxygen atoms in total. The van der Waals surface area contributed by atoms with E-state index in [0.717, 1.165) is 34.5 Å². The van der Waals surface area contributed by atoms with Gasteiger partial charge in [0, 0.05) is 10.6 Å². The van der Waals surface area contributed by atoms with E-state index >= 15 is 0 Å². The summed E-state index contributed by atoms with van der Waals surface area (Å²) in [6, 6.07) is 20.1. The number of aromatic nitrogens is 2. The zero-order valence-corrected chi connectivity index (χ0v) is 16.4. The first kappa shape index (κ1) is 20.0. The molecular formula is C24H16ClF3N2. The Morgan fingerprint density at radius 1 is 0.833 bits per heavy atom. The Hall–Kier alpha value is -3.31. The van der Waals surface area contributed by atoms with E-state index in [4.69, 9.17) is 11.6 Å². The molecule has 1 heterocycles. The minimum atomic E-state index is -4.36. The molecule has 0 amide bonds. The monoisotopic (exact) mass is 424 g/mol. The molecule has 0 bridgehead atoms. The van der Waals surface area contributed by atoms with Crippen LogP contribution in [0, 0.1) is 0 Å². The normalized spacial score (nSPS) is 11.9. The van der Waals surface area contributed by atoms with Crippen molar-refractivity contribution in [3.05, 3.63) is 101 Å². The molecule has 6 heteroatoms. The Morgan fingerprint density at radius 2 is 1.60 bits per heavy atom. The van der Waals surface area contributed by atoms with Crippen LogP contribution in [0.5, 0.6) is 0 Å². The number of nitrogens with zero attached hydrogens (tertiary/aromatic N) is 1. The van der Waals surface area contributed by atoms with E-state index < -0.39 is 11.7 Å². The largest absolute Gasteiger partial charge is 0.416 e. The van der Waals surface area contributed by atoms with Crippen LogP contribution >= 0.6 is 11.6 Å². The van der Waals surface area contributed by atoms with Gasteiger partial charge in [0.05, 0.1) is 17.5 Å². The number of hydrogen-bond acceptors (Lipinski definition) is 1. The van der Waals surface area contributed by atoms with Gasteiger partial charge in [0.15, 0.2) is 0 Å². The average Bonchev–Trinajstić information content (AvgIpc) is 3.21. The molecule has 4 rings (SSSR count). The maximum absolute atomic E-state index is 12.9. The molecular weight excluding hydrogens is 409 g/mol. The zero-order chi connectivity index (χ0) is 21.1. The summed E-state index contributed by atoms with van der Waals surface area (Å²) in [7, 11) is 0. The van der Waals surface area contributed by atoms with Gasteiger partial charge < -0.3 is 4.98 Å².